The Morgan fingerprint density at radius 1 is 1.50 bits per heavy atom. The number of nitrogens with two attached hydrogens (primary N) is 2. The maximum atomic E-state index is 11.6. The summed E-state index contributed by atoms with van der Waals surface area (Å²) >= 11 is 0. The van der Waals surface area contributed by atoms with Gasteiger partial charge in [-0.3, -0.25) is 14.9 Å². The fraction of sp³-hybridized carbons (Fsp3) is 0.364. The Bertz CT molecular complexity index is 503. The van der Waals surface area contributed by atoms with E-state index in [1.54, 1.807) is 11.0 Å². The van der Waals surface area contributed by atoms with Gasteiger partial charge in [0.15, 0.2) is 0 Å². The number of nitro groups is 1. The van der Waals surface area contributed by atoms with Crippen LogP contribution in [0.2, 0.25) is 0 Å². The molecule has 7 nitrogen and oxygen atoms in total. The summed E-state index contributed by atoms with van der Waals surface area (Å²) in [5.41, 5.74) is 11.8. The second kappa shape index (κ2) is 4.61. The lowest BCUT2D eigenvalue weighted by molar-refractivity contribution is -0.384. The fourth-order valence-corrected chi connectivity index (χ4v) is 1.99. The van der Waals surface area contributed by atoms with Crippen molar-refractivity contribution in [3.8, 4) is 0 Å². The number of hydrogen-bond donors (Lipinski definition) is 2. The van der Waals surface area contributed by atoms with E-state index in [9.17, 15) is 14.9 Å². The summed E-state index contributed by atoms with van der Waals surface area (Å²) in [4.78, 5) is 23.5. The largest absolute Gasteiger partial charge is 0.393 e. The molecule has 1 unspecified atom stereocenters. The molecule has 0 spiro atoms. The van der Waals surface area contributed by atoms with Crippen molar-refractivity contribution in [2.24, 2.45) is 5.73 Å². The number of nitro benzene ring substituents is 1. The third kappa shape index (κ3) is 2.25. The van der Waals surface area contributed by atoms with Crippen molar-refractivity contribution in [1.82, 2.24) is 4.90 Å². The first-order valence-electron chi connectivity index (χ1n) is 5.56. The minimum absolute atomic E-state index is 0.116. The molecular weight excluding hydrogens is 236 g/mol. The number of amides is 1. The maximum Gasteiger partial charge on any atom is 0.292 e. The molecule has 0 saturated carbocycles. The molecule has 1 aliphatic rings. The highest BCUT2D eigenvalue weighted by Crippen LogP contribution is 2.24. The van der Waals surface area contributed by atoms with Crippen LogP contribution in [0.25, 0.3) is 0 Å². The van der Waals surface area contributed by atoms with E-state index in [1.807, 2.05) is 0 Å². The van der Waals surface area contributed by atoms with Crippen LogP contribution >= 0.6 is 0 Å². The molecule has 1 aromatic carbocycles. The van der Waals surface area contributed by atoms with Crippen LogP contribution in [0.3, 0.4) is 0 Å². The molecule has 96 valence electrons. The summed E-state index contributed by atoms with van der Waals surface area (Å²) < 4.78 is 0. The van der Waals surface area contributed by atoms with Crippen molar-refractivity contribution in [2.75, 3.05) is 12.3 Å². The molecule has 1 aromatic rings. The molecule has 4 N–H and O–H groups in total. The molecule has 1 saturated heterocycles. The number of hydrogen-bond acceptors (Lipinski definition) is 5. The van der Waals surface area contributed by atoms with Crippen LogP contribution in [0.15, 0.2) is 18.2 Å². The van der Waals surface area contributed by atoms with Gasteiger partial charge in [0.05, 0.1) is 11.0 Å². The van der Waals surface area contributed by atoms with Gasteiger partial charge in [-0.05, 0) is 18.1 Å². The third-order valence-corrected chi connectivity index (χ3v) is 3.00. The lowest BCUT2D eigenvalue weighted by atomic mass is 10.1. The standard InChI is InChI=1S/C11H14N4O3/c12-8-2-1-7(5-10(8)15(17)18)6-14-4-3-9(13)11(14)16/h1-2,5,9H,3-4,6,12-13H2. The van der Waals surface area contributed by atoms with E-state index < -0.39 is 11.0 Å². The van der Waals surface area contributed by atoms with E-state index in [2.05, 4.69) is 0 Å². The summed E-state index contributed by atoms with van der Waals surface area (Å²) in [6, 6.07) is 4.11. The van der Waals surface area contributed by atoms with Gasteiger partial charge in [0.25, 0.3) is 5.69 Å². The molecule has 1 atom stereocenters. The maximum absolute atomic E-state index is 11.6. The molecular formula is C11H14N4O3. The van der Waals surface area contributed by atoms with E-state index in [1.165, 1.54) is 12.1 Å². The van der Waals surface area contributed by atoms with Crippen LogP contribution in [0, 0.1) is 10.1 Å². The minimum atomic E-state index is -0.531. The predicted octanol–water partition coefficient (Wildman–Crippen LogP) is 0.237. The van der Waals surface area contributed by atoms with Crippen molar-refractivity contribution >= 4 is 17.3 Å². The third-order valence-electron chi connectivity index (χ3n) is 3.00. The molecule has 0 bridgehead atoms. The van der Waals surface area contributed by atoms with Crippen LogP contribution in [0.4, 0.5) is 11.4 Å². The zero-order valence-corrected chi connectivity index (χ0v) is 9.70. The Morgan fingerprint density at radius 2 is 2.22 bits per heavy atom. The van der Waals surface area contributed by atoms with Crippen LogP contribution in [-0.2, 0) is 11.3 Å². The molecule has 1 amide bonds. The lowest BCUT2D eigenvalue weighted by Gasteiger charge is -2.16. The number of anilines is 1. The molecule has 0 radical (unpaired) electrons. The smallest absolute Gasteiger partial charge is 0.292 e. The van der Waals surface area contributed by atoms with Gasteiger partial charge in [0.2, 0.25) is 5.91 Å². The molecule has 1 fully saturated rings. The monoisotopic (exact) mass is 250 g/mol. The zero-order chi connectivity index (χ0) is 13.3. The Hall–Kier alpha value is -2.15. The Morgan fingerprint density at radius 3 is 2.78 bits per heavy atom. The van der Waals surface area contributed by atoms with Gasteiger partial charge in [0.1, 0.15) is 5.69 Å². The minimum Gasteiger partial charge on any atom is -0.393 e. The number of benzene rings is 1. The van der Waals surface area contributed by atoms with Gasteiger partial charge in [-0.1, -0.05) is 6.07 Å². The summed E-state index contributed by atoms with van der Waals surface area (Å²) in [6.07, 6.45) is 0.621. The van der Waals surface area contributed by atoms with E-state index >= 15 is 0 Å². The number of nitrogen functional groups attached to an aromatic ring is 1. The van der Waals surface area contributed by atoms with Crippen molar-refractivity contribution in [2.45, 2.75) is 19.0 Å². The highest BCUT2D eigenvalue weighted by molar-refractivity contribution is 5.83. The van der Waals surface area contributed by atoms with E-state index in [4.69, 9.17) is 11.5 Å². The quantitative estimate of drug-likeness (QED) is 0.453. The molecule has 18 heavy (non-hydrogen) atoms. The van der Waals surface area contributed by atoms with Gasteiger partial charge in [0, 0.05) is 19.2 Å². The summed E-state index contributed by atoms with van der Waals surface area (Å²) in [5.74, 6) is -0.116. The van der Waals surface area contributed by atoms with Crippen molar-refractivity contribution in [1.29, 1.82) is 0 Å². The van der Waals surface area contributed by atoms with Crippen LogP contribution in [0.1, 0.15) is 12.0 Å². The first-order chi connectivity index (χ1) is 8.49. The van der Waals surface area contributed by atoms with Crippen LogP contribution in [-0.4, -0.2) is 28.3 Å². The zero-order valence-electron chi connectivity index (χ0n) is 9.70. The predicted molar refractivity (Wildman–Crippen MR) is 65.5 cm³/mol. The number of nitrogens with zero attached hydrogens (tertiary/aromatic N) is 2. The highest BCUT2D eigenvalue weighted by Gasteiger charge is 2.28. The number of likely N-dealkylation sites (tertiary alicyclic amines) is 1. The molecule has 1 aliphatic heterocycles. The molecule has 1 heterocycles. The average molecular weight is 250 g/mol. The SMILES string of the molecule is Nc1ccc(CN2CCC(N)C2=O)cc1[N+](=O)[O-]. The molecule has 2 rings (SSSR count). The van der Waals surface area contributed by atoms with Gasteiger partial charge in [-0.25, -0.2) is 0 Å². The molecule has 7 heteroatoms. The number of rotatable bonds is 3. The van der Waals surface area contributed by atoms with Crippen molar-refractivity contribution in [3.63, 3.8) is 0 Å². The van der Waals surface area contributed by atoms with Gasteiger partial charge >= 0.3 is 0 Å². The summed E-state index contributed by atoms with van der Waals surface area (Å²) in [7, 11) is 0. The lowest BCUT2D eigenvalue weighted by Crippen LogP contribution is -2.33. The molecule has 0 aliphatic carbocycles. The van der Waals surface area contributed by atoms with Gasteiger partial charge < -0.3 is 16.4 Å². The van der Waals surface area contributed by atoms with Crippen molar-refractivity contribution in [3.05, 3.63) is 33.9 Å². The van der Waals surface area contributed by atoms with Gasteiger partial charge in [-0.15, -0.1) is 0 Å². The summed E-state index contributed by atoms with van der Waals surface area (Å²) in [6.45, 7) is 0.909. The Kier molecular flexibility index (Phi) is 3.15. The average Bonchev–Trinajstić information content (AvgIpc) is 2.63. The first-order valence-corrected chi connectivity index (χ1v) is 5.56. The normalized spacial score (nSPS) is 19.3. The van der Waals surface area contributed by atoms with Crippen molar-refractivity contribution < 1.29 is 9.72 Å². The Balaban J connectivity index is 2.18. The van der Waals surface area contributed by atoms with Crippen LogP contribution in [0.5, 0.6) is 0 Å². The fourth-order valence-electron chi connectivity index (χ4n) is 1.99. The summed E-state index contributed by atoms with van der Waals surface area (Å²) in [5, 5.41) is 10.8. The number of carbonyl (C=O) groups is 1. The first kappa shape index (κ1) is 12.3. The van der Waals surface area contributed by atoms with Crippen LogP contribution < -0.4 is 11.5 Å². The second-order valence-electron chi connectivity index (χ2n) is 4.31. The highest BCUT2D eigenvalue weighted by atomic mass is 16.6. The Labute approximate surface area is 104 Å². The molecule has 0 aromatic heterocycles. The van der Waals surface area contributed by atoms with E-state index in [0.717, 1.165) is 0 Å². The number of carbonyl (C=O) groups excluding carboxylic acids is 1. The second-order valence-corrected chi connectivity index (χ2v) is 4.31. The topological polar surface area (TPSA) is 115 Å². The van der Waals surface area contributed by atoms with E-state index in [0.29, 0.717) is 25.1 Å². The van der Waals surface area contributed by atoms with E-state index in [-0.39, 0.29) is 17.3 Å². The van der Waals surface area contributed by atoms with Gasteiger partial charge in [-0.2, -0.15) is 0 Å².